The third-order valence-electron chi connectivity index (χ3n) is 6.71. The fourth-order valence-corrected chi connectivity index (χ4v) is 4.94. The van der Waals surface area contributed by atoms with Gasteiger partial charge in [0.15, 0.2) is 5.60 Å². The van der Waals surface area contributed by atoms with Gasteiger partial charge in [0.2, 0.25) is 0 Å². The van der Waals surface area contributed by atoms with E-state index in [1.807, 2.05) is 31.2 Å². The zero-order valence-corrected chi connectivity index (χ0v) is 23.4. The molecule has 0 fully saturated rings. The fourth-order valence-electron chi connectivity index (χ4n) is 4.58. The Balaban J connectivity index is 1.52. The maximum absolute atomic E-state index is 13.8. The topological polar surface area (TPSA) is 141 Å². The van der Waals surface area contributed by atoms with Gasteiger partial charge in [-0.3, -0.25) is 14.3 Å². The molecule has 39 heavy (non-hydrogen) atoms. The van der Waals surface area contributed by atoms with Crippen molar-refractivity contribution in [2.24, 2.45) is 5.92 Å². The van der Waals surface area contributed by atoms with Crippen LogP contribution in [0.25, 0.3) is 0 Å². The lowest BCUT2D eigenvalue weighted by Crippen LogP contribution is -2.44. The molecule has 4 N–H and O–H groups in total. The highest BCUT2D eigenvalue weighted by molar-refractivity contribution is 9.10. The maximum Gasteiger partial charge on any atom is 0.264 e. The summed E-state index contributed by atoms with van der Waals surface area (Å²) in [5, 5.41) is 41.1. The first-order valence-corrected chi connectivity index (χ1v) is 13.5. The fraction of sp³-hybridized carbons (Fsp3) is 0.357. The summed E-state index contributed by atoms with van der Waals surface area (Å²) in [6, 6.07) is 12.4. The second-order valence-electron chi connectivity index (χ2n) is 9.64. The number of carbonyl (C=O) groups excluding carboxylic acids is 2. The molecule has 2 heterocycles. The summed E-state index contributed by atoms with van der Waals surface area (Å²) < 4.78 is 2.44. The minimum Gasteiger partial charge on any atom is -0.396 e. The van der Waals surface area contributed by atoms with E-state index in [0.717, 1.165) is 15.7 Å². The first-order chi connectivity index (χ1) is 18.6. The number of hydrogen-bond acceptors (Lipinski definition) is 7. The van der Waals surface area contributed by atoms with Crippen LogP contribution in [0.15, 0.2) is 65.3 Å². The van der Waals surface area contributed by atoms with Crippen LogP contribution in [0.3, 0.4) is 0 Å². The van der Waals surface area contributed by atoms with Gasteiger partial charge in [-0.25, -0.2) is 0 Å². The Kier molecular flexibility index (Phi) is 8.96. The second kappa shape index (κ2) is 12.2. The molecule has 0 aliphatic carbocycles. The van der Waals surface area contributed by atoms with Gasteiger partial charge in [0.25, 0.3) is 11.8 Å². The molecule has 10 nitrogen and oxygen atoms in total. The summed E-state index contributed by atoms with van der Waals surface area (Å²) in [4.78, 5) is 27.3. The van der Waals surface area contributed by atoms with Gasteiger partial charge in [0.05, 0.1) is 17.9 Å². The number of anilines is 2. The van der Waals surface area contributed by atoms with E-state index in [1.165, 1.54) is 6.92 Å². The highest BCUT2D eigenvalue weighted by atomic mass is 79.9. The van der Waals surface area contributed by atoms with Crippen LogP contribution in [0.5, 0.6) is 0 Å². The minimum absolute atomic E-state index is 0.0162. The van der Waals surface area contributed by atoms with E-state index in [-0.39, 0.29) is 13.2 Å². The summed E-state index contributed by atoms with van der Waals surface area (Å²) in [5.74, 6) is -1.49. The largest absolute Gasteiger partial charge is 0.396 e. The Morgan fingerprint density at radius 3 is 2.77 bits per heavy atom. The normalized spacial score (nSPS) is 18.4. The van der Waals surface area contributed by atoms with Crippen molar-refractivity contribution < 1.29 is 24.9 Å². The summed E-state index contributed by atoms with van der Waals surface area (Å²) >= 11 is 3.47. The Labute approximate surface area is 235 Å². The lowest BCUT2D eigenvalue weighted by atomic mass is 9.83. The van der Waals surface area contributed by atoms with Gasteiger partial charge in [-0.15, -0.1) is 5.10 Å². The van der Waals surface area contributed by atoms with Crippen molar-refractivity contribution in [1.82, 2.24) is 15.0 Å². The number of hydrogen-bond donors (Lipinski definition) is 4. The third kappa shape index (κ3) is 6.27. The van der Waals surface area contributed by atoms with E-state index in [9.17, 15) is 19.8 Å². The molecule has 0 bridgehead atoms. The molecule has 3 atom stereocenters. The van der Waals surface area contributed by atoms with Crippen molar-refractivity contribution >= 4 is 39.1 Å². The maximum atomic E-state index is 13.8. The quantitative estimate of drug-likeness (QED) is 0.249. The smallest absolute Gasteiger partial charge is 0.264 e. The lowest BCUT2D eigenvalue weighted by Gasteiger charge is -2.28. The van der Waals surface area contributed by atoms with Crippen LogP contribution in [0.2, 0.25) is 0 Å². The molecule has 0 saturated carbocycles. The number of aliphatic hydroxyl groups excluding tert-OH is 2. The Morgan fingerprint density at radius 1 is 1.23 bits per heavy atom. The highest BCUT2D eigenvalue weighted by Crippen LogP contribution is 2.46. The molecule has 2 amide bonds. The number of nitrogens with zero attached hydrogens (tertiary/aromatic N) is 4. The number of amides is 2. The zero-order chi connectivity index (χ0) is 28.2. The van der Waals surface area contributed by atoms with Crippen LogP contribution in [0.1, 0.15) is 37.1 Å². The number of halogens is 1. The molecule has 3 aromatic rings. The second-order valence-corrected chi connectivity index (χ2v) is 10.6. The van der Waals surface area contributed by atoms with Crippen LogP contribution in [0.4, 0.5) is 11.4 Å². The molecule has 0 saturated heterocycles. The molecule has 2 aromatic carbocycles. The number of aliphatic hydroxyl groups is 3. The van der Waals surface area contributed by atoms with Gasteiger partial charge in [0, 0.05) is 47.4 Å². The van der Waals surface area contributed by atoms with Gasteiger partial charge in [0.1, 0.15) is 6.10 Å². The lowest BCUT2D eigenvalue weighted by molar-refractivity contribution is -0.139. The average Bonchev–Trinajstić information content (AvgIpc) is 3.43. The average molecular weight is 598 g/mol. The van der Waals surface area contributed by atoms with Crippen LogP contribution in [-0.2, 0) is 34.7 Å². The van der Waals surface area contributed by atoms with Crippen molar-refractivity contribution in [3.05, 3.63) is 82.1 Å². The van der Waals surface area contributed by atoms with E-state index >= 15 is 0 Å². The number of nitrogens with one attached hydrogen (secondary N) is 1. The molecule has 1 aliphatic heterocycles. The van der Waals surface area contributed by atoms with Crippen molar-refractivity contribution in [3.63, 3.8) is 0 Å². The van der Waals surface area contributed by atoms with Gasteiger partial charge in [-0.05, 0) is 49.2 Å². The predicted octanol–water partition coefficient (Wildman–Crippen LogP) is 2.91. The summed E-state index contributed by atoms with van der Waals surface area (Å²) in [6.07, 6.45) is 5.47. The van der Waals surface area contributed by atoms with Gasteiger partial charge in [-0.1, -0.05) is 52.4 Å². The molecule has 206 valence electrons. The predicted molar refractivity (Wildman–Crippen MR) is 150 cm³/mol. The Bertz CT molecular complexity index is 1370. The molecule has 0 spiro atoms. The SMILES string of the molecule is C[C@H](O)C(=O)Nc1cccc(CN2C(=O)[C@@](O)([C@@H](C)/C=C/CCn3cc(CCO)nn3)c3cc(Br)ccc32)c1. The van der Waals surface area contributed by atoms with Crippen LogP contribution in [0, 0.1) is 5.92 Å². The third-order valence-corrected chi connectivity index (χ3v) is 7.20. The molecule has 0 unspecified atom stereocenters. The summed E-state index contributed by atoms with van der Waals surface area (Å²) in [6.45, 7) is 3.97. The molecule has 1 aliphatic rings. The first kappa shape index (κ1) is 28.6. The van der Waals surface area contributed by atoms with Crippen molar-refractivity contribution in [2.45, 2.75) is 51.5 Å². The van der Waals surface area contributed by atoms with E-state index < -0.39 is 29.4 Å². The van der Waals surface area contributed by atoms with Gasteiger partial charge >= 0.3 is 0 Å². The zero-order valence-electron chi connectivity index (χ0n) is 21.8. The highest BCUT2D eigenvalue weighted by Gasteiger charge is 2.52. The number of aromatic nitrogens is 3. The number of aryl methyl sites for hydroxylation is 1. The van der Waals surface area contributed by atoms with E-state index in [4.69, 9.17) is 5.11 Å². The Morgan fingerprint density at radius 2 is 2.03 bits per heavy atom. The van der Waals surface area contributed by atoms with Crippen molar-refractivity contribution in [3.8, 4) is 0 Å². The van der Waals surface area contributed by atoms with E-state index in [0.29, 0.717) is 36.3 Å². The van der Waals surface area contributed by atoms with Crippen LogP contribution >= 0.6 is 15.9 Å². The van der Waals surface area contributed by atoms with E-state index in [1.54, 1.807) is 46.1 Å². The van der Waals surface area contributed by atoms with Gasteiger partial charge in [-0.2, -0.15) is 0 Å². The van der Waals surface area contributed by atoms with E-state index in [2.05, 4.69) is 31.6 Å². The molecular formula is C28H32BrN5O5. The number of carbonyl (C=O) groups is 2. The van der Waals surface area contributed by atoms with Crippen molar-refractivity contribution in [2.75, 3.05) is 16.8 Å². The molecule has 11 heteroatoms. The standard InChI is InChI=1S/C28H32BrN5O5/c1-18(6-3-4-12-33-17-23(11-13-35)31-32-33)28(39)24-15-21(29)9-10-25(24)34(27(28)38)16-20-7-5-8-22(14-20)30-26(37)19(2)36/h3,5-10,14-15,17-19,35-36,39H,4,11-13,16H2,1-2H3,(H,30,37)/b6-3+/t18-,19-,28+/m0/s1. The summed E-state index contributed by atoms with van der Waals surface area (Å²) in [5.41, 5.74) is 1.34. The monoisotopic (exact) mass is 597 g/mol. The molecule has 1 aromatic heterocycles. The molecule has 4 rings (SSSR count). The van der Waals surface area contributed by atoms with Crippen LogP contribution < -0.4 is 10.2 Å². The number of fused-ring (bicyclic) bond motifs is 1. The number of allylic oxidation sites excluding steroid dienone is 1. The van der Waals surface area contributed by atoms with Crippen molar-refractivity contribution in [1.29, 1.82) is 0 Å². The van der Waals surface area contributed by atoms with Crippen LogP contribution in [-0.4, -0.2) is 54.8 Å². The summed E-state index contributed by atoms with van der Waals surface area (Å²) in [7, 11) is 0. The minimum atomic E-state index is -1.77. The number of rotatable bonds is 11. The molecule has 0 radical (unpaired) electrons. The molecular weight excluding hydrogens is 566 g/mol. The number of benzene rings is 2. The Hall–Kier alpha value is -3.38. The van der Waals surface area contributed by atoms with Gasteiger partial charge < -0.3 is 25.5 Å². The first-order valence-electron chi connectivity index (χ1n) is 12.7.